The van der Waals surface area contributed by atoms with Crippen molar-refractivity contribution in [2.75, 3.05) is 0 Å². The van der Waals surface area contributed by atoms with Gasteiger partial charge in [-0.15, -0.1) is 0 Å². The number of rotatable bonds is 5. The SMILES string of the molecule is CC(C)(C)c1ccc(-c2nc(-c3ccc(C(C)(C)C)cc3)nc(-c3ccc(-c4ccc(-c5ccc(C(F)(F)F)cc5)cc4)nc3)n2)cc1. The molecule has 0 saturated carbocycles. The minimum atomic E-state index is -4.36. The predicted molar refractivity (Wildman–Crippen MR) is 187 cm³/mol. The van der Waals surface area contributed by atoms with Crippen molar-refractivity contribution in [2.45, 2.75) is 58.5 Å². The van der Waals surface area contributed by atoms with E-state index >= 15 is 0 Å². The molecule has 0 N–H and O–H groups in total. The third kappa shape index (κ3) is 7.20. The van der Waals surface area contributed by atoms with Crippen LogP contribution in [0.5, 0.6) is 0 Å². The quantitative estimate of drug-likeness (QED) is 0.188. The summed E-state index contributed by atoms with van der Waals surface area (Å²) in [7, 11) is 0. The summed E-state index contributed by atoms with van der Waals surface area (Å²) in [5, 5.41) is 0. The lowest BCUT2D eigenvalue weighted by Crippen LogP contribution is -2.10. The fourth-order valence-corrected chi connectivity index (χ4v) is 5.38. The lowest BCUT2D eigenvalue weighted by molar-refractivity contribution is -0.137. The van der Waals surface area contributed by atoms with Crippen LogP contribution in [0.1, 0.15) is 58.2 Å². The Kier molecular flexibility index (Phi) is 8.50. The highest BCUT2D eigenvalue weighted by Gasteiger charge is 2.30. The molecule has 48 heavy (non-hydrogen) atoms. The maximum atomic E-state index is 13.0. The molecule has 0 spiro atoms. The number of hydrogen-bond acceptors (Lipinski definition) is 4. The number of pyridine rings is 1. The van der Waals surface area contributed by atoms with Gasteiger partial charge in [-0.3, -0.25) is 4.98 Å². The summed E-state index contributed by atoms with van der Waals surface area (Å²) >= 11 is 0. The van der Waals surface area contributed by atoms with Gasteiger partial charge in [0.25, 0.3) is 0 Å². The van der Waals surface area contributed by atoms with Crippen molar-refractivity contribution in [1.29, 1.82) is 0 Å². The molecule has 0 saturated heterocycles. The van der Waals surface area contributed by atoms with Crippen LogP contribution in [0, 0.1) is 0 Å². The van der Waals surface area contributed by atoms with Crippen LogP contribution in [0.2, 0.25) is 0 Å². The Morgan fingerprint density at radius 1 is 0.375 bits per heavy atom. The Bertz CT molecular complexity index is 1940. The highest BCUT2D eigenvalue weighted by Crippen LogP contribution is 2.33. The van der Waals surface area contributed by atoms with E-state index in [0.29, 0.717) is 23.0 Å². The van der Waals surface area contributed by atoms with Crippen LogP contribution in [0.3, 0.4) is 0 Å². The summed E-state index contributed by atoms with van der Waals surface area (Å²) < 4.78 is 38.9. The average Bonchev–Trinajstić information content (AvgIpc) is 3.07. The van der Waals surface area contributed by atoms with Gasteiger partial charge in [-0.25, -0.2) is 15.0 Å². The smallest absolute Gasteiger partial charge is 0.255 e. The number of benzene rings is 4. The van der Waals surface area contributed by atoms with Crippen LogP contribution in [0.4, 0.5) is 13.2 Å². The van der Waals surface area contributed by atoms with E-state index in [-0.39, 0.29) is 10.8 Å². The Morgan fingerprint density at radius 3 is 1.08 bits per heavy atom. The Morgan fingerprint density at radius 2 is 0.708 bits per heavy atom. The van der Waals surface area contributed by atoms with Crippen LogP contribution in [0.15, 0.2) is 115 Å². The van der Waals surface area contributed by atoms with E-state index in [0.717, 1.165) is 45.6 Å². The van der Waals surface area contributed by atoms with Crippen molar-refractivity contribution in [3.63, 3.8) is 0 Å². The summed E-state index contributed by atoms with van der Waals surface area (Å²) in [5.74, 6) is 1.68. The van der Waals surface area contributed by atoms with E-state index in [1.165, 1.54) is 23.3 Å². The normalized spacial score (nSPS) is 12.3. The first-order chi connectivity index (χ1) is 22.6. The Labute approximate surface area is 279 Å². The molecule has 7 heteroatoms. The van der Waals surface area contributed by atoms with Crippen LogP contribution < -0.4 is 0 Å². The van der Waals surface area contributed by atoms with Crippen molar-refractivity contribution < 1.29 is 13.2 Å². The zero-order valence-electron chi connectivity index (χ0n) is 27.9. The van der Waals surface area contributed by atoms with Gasteiger partial charge in [0.05, 0.1) is 11.3 Å². The molecule has 0 bridgehead atoms. The zero-order chi connectivity index (χ0) is 34.3. The van der Waals surface area contributed by atoms with E-state index in [2.05, 4.69) is 90.1 Å². The summed E-state index contributed by atoms with van der Waals surface area (Å²) in [6.45, 7) is 13.1. The van der Waals surface area contributed by atoms with Gasteiger partial charge in [0, 0.05) is 28.5 Å². The van der Waals surface area contributed by atoms with E-state index < -0.39 is 11.7 Å². The lowest BCUT2D eigenvalue weighted by Gasteiger charge is -2.19. The molecule has 4 nitrogen and oxygen atoms in total. The maximum Gasteiger partial charge on any atom is 0.416 e. The van der Waals surface area contributed by atoms with Crippen molar-refractivity contribution in [2.24, 2.45) is 0 Å². The minimum Gasteiger partial charge on any atom is -0.255 e. The molecule has 0 aliphatic carbocycles. The third-order valence-electron chi connectivity index (χ3n) is 8.40. The van der Waals surface area contributed by atoms with E-state index in [9.17, 15) is 13.2 Å². The van der Waals surface area contributed by atoms with Gasteiger partial charge in [0.1, 0.15) is 0 Å². The molecule has 0 atom stereocenters. The molecule has 2 heterocycles. The van der Waals surface area contributed by atoms with E-state index in [1.807, 2.05) is 36.4 Å². The number of nitrogens with zero attached hydrogens (tertiary/aromatic N) is 4. The monoisotopic (exact) mass is 642 g/mol. The highest BCUT2D eigenvalue weighted by molar-refractivity contribution is 5.71. The minimum absolute atomic E-state index is 0.0265. The molecule has 0 unspecified atom stereocenters. The lowest BCUT2D eigenvalue weighted by atomic mass is 9.86. The molecule has 0 aliphatic heterocycles. The van der Waals surface area contributed by atoms with Crippen LogP contribution in [-0.4, -0.2) is 19.9 Å². The molecule has 6 rings (SSSR count). The molecule has 0 aliphatic rings. The molecule has 6 aromatic rings. The topological polar surface area (TPSA) is 51.6 Å². The van der Waals surface area contributed by atoms with Gasteiger partial charge in [0.15, 0.2) is 17.5 Å². The zero-order valence-corrected chi connectivity index (χ0v) is 27.9. The maximum absolute atomic E-state index is 13.0. The van der Waals surface area contributed by atoms with Gasteiger partial charge in [-0.2, -0.15) is 13.2 Å². The molecule has 2 aromatic heterocycles. The van der Waals surface area contributed by atoms with Gasteiger partial charge in [-0.1, -0.05) is 126 Å². The average molecular weight is 643 g/mol. The number of halogens is 3. The van der Waals surface area contributed by atoms with Crippen molar-refractivity contribution in [1.82, 2.24) is 19.9 Å². The Hall–Kier alpha value is -5.17. The molecule has 0 amide bonds. The van der Waals surface area contributed by atoms with Crippen LogP contribution >= 0.6 is 0 Å². The number of hydrogen-bond donors (Lipinski definition) is 0. The summed E-state index contributed by atoms with van der Waals surface area (Å²) in [4.78, 5) is 19.4. The van der Waals surface area contributed by atoms with E-state index in [1.54, 1.807) is 6.20 Å². The second-order valence-electron chi connectivity index (χ2n) is 14.0. The van der Waals surface area contributed by atoms with Crippen molar-refractivity contribution in [3.05, 3.63) is 132 Å². The van der Waals surface area contributed by atoms with Crippen LogP contribution in [-0.2, 0) is 17.0 Å². The van der Waals surface area contributed by atoms with Gasteiger partial charge < -0.3 is 0 Å². The molecule has 4 aromatic carbocycles. The summed E-state index contributed by atoms with van der Waals surface area (Å²) in [6, 6.07) is 33.3. The Balaban J connectivity index is 1.32. The fourth-order valence-electron chi connectivity index (χ4n) is 5.38. The first kappa shape index (κ1) is 32.8. The van der Waals surface area contributed by atoms with Crippen LogP contribution in [0.25, 0.3) is 56.5 Å². The fraction of sp³-hybridized carbons (Fsp3) is 0.220. The number of aromatic nitrogens is 4. The molecular formula is C41H37F3N4. The first-order valence-electron chi connectivity index (χ1n) is 15.9. The molecule has 0 radical (unpaired) electrons. The molecule has 0 fully saturated rings. The standard InChI is InChI=1S/C41H37F3N4/c1-39(2,3)32-18-13-29(14-19-32)36-46-37(30-15-20-33(21-16-30)40(4,5)6)48-38(47-36)31-17-24-35(45-25-31)28-9-7-26(8-10-28)27-11-22-34(23-12-27)41(42,43)44/h7-25H,1-6H3. The van der Waals surface area contributed by atoms with Gasteiger partial charge in [-0.05, 0) is 57.3 Å². The first-order valence-corrected chi connectivity index (χ1v) is 15.9. The molecular weight excluding hydrogens is 605 g/mol. The highest BCUT2D eigenvalue weighted by atomic mass is 19.4. The second-order valence-corrected chi connectivity index (χ2v) is 14.0. The van der Waals surface area contributed by atoms with Gasteiger partial charge >= 0.3 is 6.18 Å². The summed E-state index contributed by atoms with van der Waals surface area (Å²) in [6.07, 6.45) is -2.60. The second kappa shape index (κ2) is 12.5. The summed E-state index contributed by atoms with van der Waals surface area (Å²) in [5.41, 5.74) is 7.56. The van der Waals surface area contributed by atoms with E-state index in [4.69, 9.17) is 19.9 Å². The largest absolute Gasteiger partial charge is 0.416 e. The molecule has 242 valence electrons. The van der Waals surface area contributed by atoms with Crippen molar-refractivity contribution >= 4 is 0 Å². The van der Waals surface area contributed by atoms with Gasteiger partial charge in [0.2, 0.25) is 0 Å². The number of alkyl halides is 3. The third-order valence-corrected chi connectivity index (χ3v) is 8.40. The van der Waals surface area contributed by atoms with Crippen molar-refractivity contribution in [3.8, 4) is 56.5 Å². The predicted octanol–water partition coefficient (Wildman–Crippen LogP) is 11.2.